The first-order valence-electron chi connectivity index (χ1n) is 3.83. The second-order valence-corrected chi connectivity index (χ2v) is 2.67. The molecule has 1 aromatic carbocycles. The highest BCUT2D eigenvalue weighted by atomic mass is 15.0. The summed E-state index contributed by atoms with van der Waals surface area (Å²) in [5.41, 5.74) is 2.27. The van der Waals surface area contributed by atoms with Crippen LogP contribution in [-0.4, -0.2) is 9.55 Å². The zero-order valence-corrected chi connectivity index (χ0v) is 6.86. The molecule has 0 aliphatic carbocycles. The third kappa shape index (κ3) is 1.11. The van der Waals surface area contributed by atoms with Crippen molar-refractivity contribution >= 4 is 0 Å². The monoisotopic (exact) mass is 157 g/mol. The van der Waals surface area contributed by atoms with Gasteiger partial charge in [0.1, 0.15) is 0 Å². The van der Waals surface area contributed by atoms with Crippen molar-refractivity contribution in [1.82, 2.24) is 9.55 Å². The molecule has 1 radical (unpaired) electrons. The molecule has 2 aromatic rings. The lowest BCUT2D eigenvalue weighted by atomic mass is 10.2. The molecule has 0 bridgehead atoms. The number of aromatic nitrogens is 2. The van der Waals surface area contributed by atoms with Crippen LogP contribution in [0.3, 0.4) is 0 Å². The molecule has 0 amide bonds. The Kier molecular flexibility index (Phi) is 1.67. The Morgan fingerprint density at radius 1 is 1.50 bits per heavy atom. The fourth-order valence-electron chi connectivity index (χ4n) is 1.18. The van der Waals surface area contributed by atoms with Gasteiger partial charge in [0.2, 0.25) is 0 Å². The van der Waals surface area contributed by atoms with Gasteiger partial charge in [-0.3, -0.25) is 0 Å². The van der Waals surface area contributed by atoms with Crippen LogP contribution < -0.4 is 0 Å². The second kappa shape index (κ2) is 2.81. The van der Waals surface area contributed by atoms with E-state index in [1.165, 1.54) is 5.56 Å². The van der Waals surface area contributed by atoms with E-state index >= 15 is 0 Å². The van der Waals surface area contributed by atoms with Crippen LogP contribution in [0.2, 0.25) is 0 Å². The molecule has 0 fully saturated rings. The Morgan fingerprint density at radius 2 is 2.42 bits per heavy atom. The van der Waals surface area contributed by atoms with Crippen LogP contribution >= 0.6 is 0 Å². The largest absolute Gasteiger partial charge is 0.305 e. The van der Waals surface area contributed by atoms with Gasteiger partial charge in [-0.05, 0) is 12.5 Å². The molecule has 2 rings (SSSR count). The summed E-state index contributed by atoms with van der Waals surface area (Å²) in [5.74, 6) is 0. The highest BCUT2D eigenvalue weighted by Crippen LogP contribution is 2.10. The van der Waals surface area contributed by atoms with Gasteiger partial charge in [-0.2, -0.15) is 0 Å². The average molecular weight is 157 g/mol. The molecule has 1 heterocycles. The number of benzene rings is 1. The molecular weight excluding hydrogens is 148 g/mol. The number of rotatable bonds is 1. The number of aryl methyl sites for hydroxylation is 1. The van der Waals surface area contributed by atoms with Crippen LogP contribution in [-0.2, 0) is 0 Å². The third-order valence-corrected chi connectivity index (χ3v) is 1.80. The van der Waals surface area contributed by atoms with E-state index in [1.54, 1.807) is 12.5 Å². The van der Waals surface area contributed by atoms with Gasteiger partial charge in [0.25, 0.3) is 0 Å². The molecule has 0 saturated carbocycles. The molecule has 59 valence electrons. The summed E-state index contributed by atoms with van der Waals surface area (Å²) < 4.78 is 1.95. The van der Waals surface area contributed by atoms with Gasteiger partial charge in [-0.1, -0.05) is 18.2 Å². The molecule has 0 atom stereocenters. The lowest BCUT2D eigenvalue weighted by Gasteiger charge is -2.03. The standard InChI is InChI=1S/C10H9N2/c1-9-4-2-3-5-10(9)12-7-6-11-8-12/h2-4,6-8H,1H3. The van der Waals surface area contributed by atoms with E-state index in [9.17, 15) is 0 Å². The van der Waals surface area contributed by atoms with Crippen molar-refractivity contribution in [2.75, 3.05) is 0 Å². The van der Waals surface area contributed by atoms with Crippen LogP contribution in [0.4, 0.5) is 0 Å². The maximum Gasteiger partial charge on any atom is 0.0991 e. The van der Waals surface area contributed by atoms with Crippen LogP contribution in [0.5, 0.6) is 0 Å². The number of para-hydroxylation sites is 1. The van der Waals surface area contributed by atoms with Gasteiger partial charge in [0.15, 0.2) is 0 Å². The van der Waals surface area contributed by atoms with Gasteiger partial charge in [0, 0.05) is 18.5 Å². The molecule has 0 aliphatic rings. The Balaban J connectivity index is 2.55. The van der Waals surface area contributed by atoms with Crippen LogP contribution in [0.15, 0.2) is 36.9 Å². The van der Waals surface area contributed by atoms with E-state index in [4.69, 9.17) is 0 Å². The lowest BCUT2D eigenvalue weighted by Crippen LogP contribution is -1.92. The summed E-state index contributed by atoms with van der Waals surface area (Å²) in [6.07, 6.45) is 5.46. The summed E-state index contributed by atoms with van der Waals surface area (Å²) in [4.78, 5) is 3.98. The fourth-order valence-corrected chi connectivity index (χ4v) is 1.18. The number of hydrogen-bond donors (Lipinski definition) is 0. The first kappa shape index (κ1) is 7.10. The van der Waals surface area contributed by atoms with Crippen molar-refractivity contribution in [1.29, 1.82) is 0 Å². The molecule has 2 nitrogen and oxygen atoms in total. The fraction of sp³-hybridized carbons (Fsp3) is 0.100. The Labute approximate surface area is 71.5 Å². The second-order valence-electron chi connectivity index (χ2n) is 2.67. The SMILES string of the molecule is Cc1ccc[c]c1-n1ccnc1. The summed E-state index contributed by atoms with van der Waals surface area (Å²) in [6.45, 7) is 2.06. The zero-order valence-electron chi connectivity index (χ0n) is 6.86. The Bertz CT molecular complexity index is 363. The average Bonchev–Trinajstić information content (AvgIpc) is 2.57. The van der Waals surface area contributed by atoms with Gasteiger partial charge >= 0.3 is 0 Å². The van der Waals surface area contributed by atoms with Crippen molar-refractivity contribution in [3.05, 3.63) is 48.5 Å². The maximum atomic E-state index is 3.98. The summed E-state index contributed by atoms with van der Waals surface area (Å²) in [6, 6.07) is 9.11. The molecule has 12 heavy (non-hydrogen) atoms. The number of imidazole rings is 1. The van der Waals surface area contributed by atoms with Crippen molar-refractivity contribution < 1.29 is 0 Å². The van der Waals surface area contributed by atoms with Gasteiger partial charge in [0.05, 0.1) is 12.0 Å². The van der Waals surface area contributed by atoms with Gasteiger partial charge in [-0.25, -0.2) is 4.98 Å². The highest BCUT2D eigenvalue weighted by molar-refractivity contribution is 5.38. The van der Waals surface area contributed by atoms with Crippen molar-refractivity contribution in [3.8, 4) is 5.69 Å². The predicted octanol–water partition coefficient (Wildman–Crippen LogP) is 1.98. The van der Waals surface area contributed by atoms with Crippen LogP contribution in [0, 0.1) is 13.0 Å². The summed E-state index contributed by atoms with van der Waals surface area (Å²) >= 11 is 0. The molecule has 2 heteroatoms. The number of hydrogen-bond acceptors (Lipinski definition) is 1. The smallest absolute Gasteiger partial charge is 0.0991 e. The minimum atomic E-state index is 1.06. The summed E-state index contributed by atoms with van der Waals surface area (Å²) in [5, 5.41) is 0. The Hall–Kier alpha value is -1.57. The van der Waals surface area contributed by atoms with Crippen molar-refractivity contribution in [3.63, 3.8) is 0 Å². The van der Waals surface area contributed by atoms with Gasteiger partial charge < -0.3 is 4.57 Å². The normalized spacial score (nSPS) is 10.1. The zero-order chi connectivity index (χ0) is 8.39. The van der Waals surface area contributed by atoms with E-state index in [1.807, 2.05) is 22.9 Å². The summed E-state index contributed by atoms with van der Waals surface area (Å²) in [7, 11) is 0. The van der Waals surface area contributed by atoms with Crippen molar-refractivity contribution in [2.45, 2.75) is 6.92 Å². The maximum absolute atomic E-state index is 3.98. The van der Waals surface area contributed by atoms with Crippen molar-refractivity contribution in [2.24, 2.45) is 0 Å². The molecule has 0 N–H and O–H groups in total. The van der Waals surface area contributed by atoms with E-state index < -0.39 is 0 Å². The minimum Gasteiger partial charge on any atom is -0.305 e. The van der Waals surface area contributed by atoms with E-state index in [-0.39, 0.29) is 0 Å². The lowest BCUT2D eigenvalue weighted by molar-refractivity contribution is 1.04. The molecule has 0 spiro atoms. The minimum absolute atomic E-state index is 1.06. The Morgan fingerprint density at radius 3 is 3.08 bits per heavy atom. The predicted molar refractivity (Wildman–Crippen MR) is 47.1 cm³/mol. The molecule has 0 aliphatic heterocycles. The first-order valence-corrected chi connectivity index (χ1v) is 3.83. The first-order chi connectivity index (χ1) is 5.88. The van der Waals surface area contributed by atoms with E-state index in [2.05, 4.69) is 24.0 Å². The van der Waals surface area contributed by atoms with Crippen LogP contribution in [0.1, 0.15) is 5.56 Å². The molecule has 0 saturated heterocycles. The van der Waals surface area contributed by atoms with Crippen LogP contribution in [0.25, 0.3) is 5.69 Å². The van der Waals surface area contributed by atoms with E-state index in [0.717, 1.165) is 5.69 Å². The topological polar surface area (TPSA) is 17.8 Å². The third-order valence-electron chi connectivity index (χ3n) is 1.80. The molecule has 1 aromatic heterocycles. The molecular formula is C10H9N2. The molecule has 0 unspecified atom stereocenters. The number of nitrogens with zero attached hydrogens (tertiary/aromatic N) is 2. The highest BCUT2D eigenvalue weighted by Gasteiger charge is 1.97. The van der Waals surface area contributed by atoms with E-state index in [0.29, 0.717) is 0 Å². The van der Waals surface area contributed by atoms with Gasteiger partial charge in [-0.15, -0.1) is 0 Å². The quantitative estimate of drug-likeness (QED) is 0.619.